The van der Waals surface area contributed by atoms with Crippen LogP contribution < -0.4 is 11.1 Å². The Morgan fingerprint density at radius 1 is 1.22 bits per heavy atom. The van der Waals surface area contributed by atoms with E-state index in [4.69, 9.17) is 17.3 Å². The quantitative estimate of drug-likeness (QED) is 0.651. The molecule has 1 saturated carbocycles. The molecule has 100 valence electrons. The van der Waals surface area contributed by atoms with Crippen molar-refractivity contribution in [2.45, 2.75) is 57.9 Å². The number of nitrogens with two attached hydrogens (primary N) is 1. The fourth-order valence-electron chi connectivity index (χ4n) is 2.37. The van der Waals surface area contributed by atoms with Gasteiger partial charge in [-0.15, -0.1) is 0 Å². The molecule has 3 N–H and O–H groups in total. The highest BCUT2D eigenvalue weighted by Crippen LogP contribution is 2.27. The second-order valence-electron chi connectivity index (χ2n) is 4.88. The van der Waals surface area contributed by atoms with Crippen molar-refractivity contribution in [1.29, 1.82) is 0 Å². The first-order valence-electron chi connectivity index (χ1n) is 6.79. The van der Waals surface area contributed by atoms with Crippen LogP contribution in [0, 0.1) is 0 Å². The minimum atomic E-state index is 0.359. The predicted octanol–water partition coefficient (Wildman–Crippen LogP) is 3.41. The van der Waals surface area contributed by atoms with Gasteiger partial charge >= 0.3 is 0 Å². The summed E-state index contributed by atoms with van der Waals surface area (Å²) >= 11 is 6.03. The van der Waals surface area contributed by atoms with Crippen molar-refractivity contribution in [3.63, 3.8) is 0 Å². The molecule has 1 heterocycles. The van der Waals surface area contributed by atoms with Gasteiger partial charge < -0.3 is 11.1 Å². The van der Waals surface area contributed by atoms with Gasteiger partial charge in [-0.2, -0.15) is 0 Å². The Labute approximate surface area is 113 Å². The van der Waals surface area contributed by atoms with Gasteiger partial charge in [-0.3, -0.25) is 0 Å². The van der Waals surface area contributed by atoms with Crippen LogP contribution in [0.4, 0.5) is 11.5 Å². The van der Waals surface area contributed by atoms with Gasteiger partial charge in [0.2, 0.25) is 0 Å². The molecule has 1 aromatic rings. The molecular weight excluding hydrogens is 248 g/mol. The third-order valence-corrected chi connectivity index (χ3v) is 3.75. The maximum absolute atomic E-state index is 6.03. The fourth-order valence-corrected chi connectivity index (χ4v) is 2.56. The molecule has 0 aliphatic heterocycles. The normalized spacial score (nSPS) is 17.4. The monoisotopic (exact) mass is 268 g/mol. The molecule has 0 unspecified atom stereocenters. The van der Waals surface area contributed by atoms with Crippen molar-refractivity contribution < 1.29 is 0 Å². The largest absolute Gasteiger partial charge is 0.393 e. The summed E-state index contributed by atoms with van der Waals surface area (Å²) in [6, 6.07) is 0.463. The summed E-state index contributed by atoms with van der Waals surface area (Å²) in [5, 5.41) is 3.80. The molecule has 0 atom stereocenters. The van der Waals surface area contributed by atoms with Gasteiger partial charge in [0.1, 0.15) is 11.5 Å². The van der Waals surface area contributed by atoms with E-state index in [1.165, 1.54) is 38.5 Å². The van der Waals surface area contributed by atoms with Crippen molar-refractivity contribution in [1.82, 2.24) is 9.97 Å². The molecule has 4 nitrogen and oxygen atoms in total. The second kappa shape index (κ2) is 6.23. The van der Waals surface area contributed by atoms with Gasteiger partial charge in [-0.05, 0) is 12.8 Å². The third kappa shape index (κ3) is 3.25. The number of nitrogen functional groups attached to an aromatic ring is 1. The number of hydrogen-bond acceptors (Lipinski definition) is 4. The van der Waals surface area contributed by atoms with E-state index in [-0.39, 0.29) is 0 Å². The third-order valence-electron chi connectivity index (χ3n) is 3.46. The lowest BCUT2D eigenvalue weighted by Crippen LogP contribution is -2.20. The zero-order chi connectivity index (χ0) is 13.0. The van der Waals surface area contributed by atoms with Crippen molar-refractivity contribution in [3.05, 3.63) is 11.0 Å². The fraction of sp³-hybridized carbons (Fsp3) is 0.692. The van der Waals surface area contributed by atoms with Crippen molar-refractivity contribution in [2.24, 2.45) is 0 Å². The standard InChI is InChI=1S/C13H21ClN4/c1-2-10-17-12(14)11(15)13(18-10)16-9-7-5-3-4-6-8-9/h9H,2-8,15H2,1H3,(H,16,17,18). The SMILES string of the molecule is CCc1nc(Cl)c(N)c(NC2CCCCCC2)n1. The van der Waals surface area contributed by atoms with E-state index in [9.17, 15) is 0 Å². The predicted molar refractivity (Wildman–Crippen MR) is 75.9 cm³/mol. The number of nitrogens with zero attached hydrogens (tertiary/aromatic N) is 2. The number of aromatic nitrogens is 2. The van der Waals surface area contributed by atoms with Gasteiger partial charge in [-0.25, -0.2) is 9.97 Å². The summed E-state index contributed by atoms with van der Waals surface area (Å²) in [5.74, 6) is 1.45. The topological polar surface area (TPSA) is 63.8 Å². The number of halogens is 1. The highest BCUT2D eigenvalue weighted by Gasteiger charge is 2.16. The molecule has 0 saturated heterocycles. The van der Waals surface area contributed by atoms with Gasteiger partial charge in [0, 0.05) is 12.5 Å². The highest BCUT2D eigenvalue weighted by atomic mass is 35.5. The molecule has 18 heavy (non-hydrogen) atoms. The van der Waals surface area contributed by atoms with Gasteiger partial charge in [-0.1, -0.05) is 44.2 Å². The van der Waals surface area contributed by atoms with E-state index in [2.05, 4.69) is 15.3 Å². The van der Waals surface area contributed by atoms with Crippen molar-refractivity contribution >= 4 is 23.1 Å². The van der Waals surface area contributed by atoms with E-state index < -0.39 is 0 Å². The van der Waals surface area contributed by atoms with E-state index in [1.807, 2.05) is 6.92 Å². The molecule has 1 aromatic heterocycles. The Hall–Kier alpha value is -1.03. The Balaban J connectivity index is 2.14. The number of aryl methyl sites for hydroxylation is 1. The van der Waals surface area contributed by atoms with Crippen LogP contribution in [0.1, 0.15) is 51.3 Å². The van der Waals surface area contributed by atoms with Gasteiger partial charge in [0.15, 0.2) is 11.0 Å². The Kier molecular flexibility index (Phi) is 4.64. The first-order valence-corrected chi connectivity index (χ1v) is 7.17. The lowest BCUT2D eigenvalue weighted by Gasteiger charge is -2.18. The minimum Gasteiger partial charge on any atom is -0.393 e. The smallest absolute Gasteiger partial charge is 0.157 e. The van der Waals surface area contributed by atoms with E-state index in [0.29, 0.717) is 22.7 Å². The van der Waals surface area contributed by atoms with Crippen LogP contribution in [-0.4, -0.2) is 16.0 Å². The van der Waals surface area contributed by atoms with Crippen LogP contribution in [0.3, 0.4) is 0 Å². The number of rotatable bonds is 3. The zero-order valence-corrected chi connectivity index (χ0v) is 11.6. The van der Waals surface area contributed by atoms with E-state index in [0.717, 1.165) is 12.2 Å². The molecule has 0 amide bonds. The molecule has 0 radical (unpaired) electrons. The van der Waals surface area contributed by atoms with E-state index >= 15 is 0 Å². The average molecular weight is 269 g/mol. The maximum Gasteiger partial charge on any atom is 0.157 e. The van der Waals surface area contributed by atoms with Crippen LogP contribution in [-0.2, 0) is 6.42 Å². The molecule has 0 aromatic carbocycles. The maximum atomic E-state index is 6.03. The van der Waals surface area contributed by atoms with Crippen LogP contribution in [0.15, 0.2) is 0 Å². The van der Waals surface area contributed by atoms with Crippen LogP contribution in [0.25, 0.3) is 0 Å². The highest BCUT2D eigenvalue weighted by molar-refractivity contribution is 6.32. The number of nitrogens with one attached hydrogen (secondary N) is 1. The molecule has 1 aliphatic rings. The summed E-state index contributed by atoms with van der Waals surface area (Å²) < 4.78 is 0. The molecule has 0 bridgehead atoms. The molecular formula is C13H21ClN4. The molecule has 5 heteroatoms. The molecule has 1 fully saturated rings. The average Bonchev–Trinajstić information content (AvgIpc) is 2.63. The summed E-state index contributed by atoms with van der Waals surface area (Å²) in [5.41, 5.74) is 6.41. The summed E-state index contributed by atoms with van der Waals surface area (Å²) in [6.07, 6.45) is 8.34. The second-order valence-corrected chi connectivity index (χ2v) is 5.24. The van der Waals surface area contributed by atoms with Crippen LogP contribution >= 0.6 is 11.6 Å². The minimum absolute atomic E-state index is 0.359. The first-order chi connectivity index (χ1) is 8.70. The van der Waals surface area contributed by atoms with Crippen LogP contribution in [0.5, 0.6) is 0 Å². The lowest BCUT2D eigenvalue weighted by molar-refractivity contribution is 0.617. The molecule has 2 rings (SSSR count). The summed E-state index contributed by atoms with van der Waals surface area (Å²) in [4.78, 5) is 8.60. The summed E-state index contributed by atoms with van der Waals surface area (Å²) in [6.45, 7) is 2.01. The van der Waals surface area contributed by atoms with E-state index in [1.54, 1.807) is 0 Å². The van der Waals surface area contributed by atoms with Gasteiger partial charge in [0.25, 0.3) is 0 Å². The van der Waals surface area contributed by atoms with Gasteiger partial charge in [0.05, 0.1) is 0 Å². The molecule has 0 spiro atoms. The molecule has 1 aliphatic carbocycles. The first kappa shape index (κ1) is 13.4. The summed E-state index contributed by atoms with van der Waals surface area (Å²) in [7, 11) is 0. The van der Waals surface area contributed by atoms with Crippen LogP contribution in [0.2, 0.25) is 5.15 Å². The Bertz CT molecular complexity index is 400. The zero-order valence-electron chi connectivity index (χ0n) is 10.9. The van der Waals surface area contributed by atoms with Crippen molar-refractivity contribution in [2.75, 3.05) is 11.1 Å². The van der Waals surface area contributed by atoms with Crippen molar-refractivity contribution in [3.8, 4) is 0 Å². The Morgan fingerprint density at radius 3 is 2.50 bits per heavy atom. The Morgan fingerprint density at radius 2 is 1.89 bits per heavy atom. The number of anilines is 2. The number of hydrogen-bond donors (Lipinski definition) is 2. The lowest BCUT2D eigenvalue weighted by atomic mass is 10.1.